The van der Waals surface area contributed by atoms with Crippen molar-refractivity contribution in [2.75, 3.05) is 0 Å². The number of fused-ring (bicyclic) bond motifs is 2. The topological polar surface area (TPSA) is 58.3 Å². The van der Waals surface area contributed by atoms with Gasteiger partial charge in [-0.2, -0.15) is 5.10 Å². The summed E-state index contributed by atoms with van der Waals surface area (Å²) in [6.07, 6.45) is 5.78. The van der Waals surface area contributed by atoms with E-state index in [1.807, 2.05) is 23.9 Å². The molecule has 1 fully saturated rings. The van der Waals surface area contributed by atoms with Crippen molar-refractivity contribution in [2.45, 2.75) is 31.8 Å². The third kappa shape index (κ3) is 2.76. The number of hydrogen-bond donors (Lipinski definition) is 2. The van der Waals surface area contributed by atoms with E-state index in [0.29, 0.717) is 18.4 Å². The van der Waals surface area contributed by atoms with Crippen molar-refractivity contribution < 1.29 is 14.6 Å². The molecule has 0 bridgehead atoms. The first kappa shape index (κ1) is 18.7. The summed E-state index contributed by atoms with van der Waals surface area (Å²) in [7, 11) is 0. The normalized spacial score (nSPS) is 24.4. The Morgan fingerprint density at radius 1 is 1.13 bits per heavy atom. The molecular formula is C25H21FN2O2. The van der Waals surface area contributed by atoms with Crippen LogP contribution in [0.25, 0.3) is 11.8 Å². The Morgan fingerprint density at radius 2 is 1.90 bits per heavy atom. The number of halogens is 1. The lowest BCUT2D eigenvalue weighted by Gasteiger charge is -2.39. The van der Waals surface area contributed by atoms with E-state index in [0.717, 1.165) is 28.9 Å². The van der Waals surface area contributed by atoms with Gasteiger partial charge in [0, 0.05) is 5.41 Å². The monoisotopic (exact) mass is 400 g/mol. The molecule has 2 atom stereocenters. The highest BCUT2D eigenvalue weighted by atomic mass is 19.1. The first-order valence-corrected chi connectivity index (χ1v) is 9.97. The highest BCUT2D eigenvalue weighted by molar-refractivity contribution is 5.64. The average molecular weight is 400 g/mol. The summed E-state index contributed by atoms with van der Waals surface area (Å²) in [4.78, 5) is 0. The van der Waals surface area contributed by atoms with Crippen LogP contribution in [0, 0.1) is 23.1 Å². The molecular weight excluding hydrogens is 379 g/mol. The Hall–Kier alpha value is -3.36. The molecule has 150 valence electrons. The van der Waals surface area contributed by atoms with Crippen LogP contribution in [0.2, 0.25) is 0 Å². The highest BCUT2D eigenvalue weighted by Crippen LogP contribution is 2.55. The van der Waals surface area contributed by atoms with Gasteiger partial charge in [0.2, 0.25) is 0 Å². The molecule has 0 aliphatic heterocycles. The van der Waals surface area contributed by atoms with Gasteiger partial charge in [-0.15, -0.1) is 0 Å². The number of aromatic hydroxyl groups is 1. The summed E-state index contributed by atoms with van der Waals surface area (Å²) in [6.45, 7) is 2.05. The van der Waals surface area contributed by atoms with Crippen LogP contribution in [0.5, 0.6) is 5.75 Å². The molecule has 1 saturated carbocycles. The summed E-state index contributed by atoms with van der Waals surface area (Å²) in [5, 5.41) is 26.0. The number of phenols is 1. The third-order valence-corrected chi connectivity index (χ3v) is 6.50. The van der Waals surface area contributed by atoms with Crippen molar-refractivity contribution in [3.8, 4) is 23.3 Å². The number of nitrogens with zero attached hydrogens (tertiary/aromatic N) is 2. The van der Waals surface area contributed by atoms with Gasteiger partial charge in [-0.25, -0.2) is 9.07 Å². The standard InChI is InChI=1S/C25H21FN2O2/c1-24-15-18-16-27-28(21-8-6-20(26)7-9-21)22(18)14-19(24)11-13-25(24,30)12-10-17-4-2-3-5-23(17)29/h2-9,14,16,29-30H,11,13,15H2,1H3/t24-,25-/m0/s1. The van der Waals surface area contributed by atoms with Crippen LogP contribution < -0.4 is 0 Å². The zero-order chi connectivity index (χ0) is 20.9. The van der Waals surface area contributed by atoms with E-state index in [4.69, 9.17) is 0 Å². The average Bonchev–Trinajstić information content (AvgIpc) is 3.24. The Balaban J connectivity index is 1.53. The number of hydrogen-bond acceptors (Lipinski definition) is 3. The maximum atomic E-state index is 13.3. The van der Waals surface area contributed by atoms with E-state index in [1.54, 1.807) is 30.3 Å². The Kier molecular flexibility index (Phi) is 4.09. The van der Waals surface area contributed by atoms with Crippen LogP contribution in [-0.2, 0) is 6.42 Å². The minimum atomic E-state index is -1.20. The number of aromatic nitrogens is 2. The molecule has 4 nitrogen and oxygen atoms in total. The molecule has 5 rings (SSSR count). The van der Waals surface area contributed by atoms with Crippen molar-refractivity contribution in [1.82, 2.24) is 9.78 Å². The van der Waals surface area contributed by atoms with E-state index in [2.05, 4.69) is 23.0 Å². The molecule has 0 saturated heterocycles. The Bertz CT molecular complexity index is 1230. The molecule has 2 N–H and O–H groups in total. The molecule has 0 radical (unpaired) electrons. The van der Waals surface area contributed by atoms with Crippen molar-refractivity contribution >= 4 is 6.08 Å². The molecule has 5 heteroatoms. The van der Waals surface area contributed by atoms with Crippen LogP contribution in [-0.4, -0.2) is 25.6 Å². The minimum Gasteiger partial charge on any atom is -0.507 e. The van der Waals surface area contributed by atoms with Crippen molar-refractivity contribution in [2.24, 2.45) is 5.41 Å². The van der Waals surface area contributed by atoms with Crippen LogP contribution in [0.3, 0.4) is 0 Å². The third-order valence-electron chi connectivity index (χ3n) is 6.50. The zero-order valence-corrected chi connectivity index (χ0v) is 16.6. The first-order chi connectivity index (χ1) is 14.4. The van der Waals surface area contributed by atoms with Crippen molar-refractivity contribution in [1.29, 1.82) is 0 Å². The van der Waals surface area contributed by atoms with Gasteiger partial charge in [0.05, 0.1) is 23.1 Å². The molecule has 2 aliphatic rings. The van der Waals surface area contributed by atoms with Gasteiger partial charge in [0.25, 0.3) is 0 Å². The lowest BCUT2D eigenvalue weighted by Crippen LogP contribution is -2.44. The molecule has 3 aromatic rings. The van der Waals surface area contributed by atoms with E-state index < -0.39 is 11.0 Å². The first-order valence-electron chi connectivity index (χ1n) is 9.97. The molecule has 1 heterocycles. The second-order valence-electron chi connectivity index (χ2n) is 8.25. The van der Waals surface area contributed by atoms with Gasteiger partial charge in [0.15, 0.2) is 0 Å². The molecule has 1 aromatic heterocycles. The minimum absolute atomic E-state index is 0.110. The van der Waals surface area contributed by atoms with E-state index in [-0.39, 0.29) is 11.6 Å². The highest BCUT2D eigenvalue weighted by Gasteiger charge is 2.54. The lowest BCUT2D eigenvalue weighted by molar-refractivity contribution is 0.0153. The summed E-state index contributed by atoms with van der Waals surface area (Å²) in [5.74, 6) is 5.87. The van der Waals surface area contributed by atoms with Crippen LogP contribution >= 0.6 is 0 Å². The van der Waals surface area contributed by atoms with Gasteiger partial charge in [-0.3, -0.25) is 0 Å². The predicted octanol–water partition coefficient (Wildman–Crippen LogP) is 4.24. The quantitative estimate of drug-likeness (QED) is 0.601. The maximum Gasteiger partial charge on any atom is 0.135 e. The number of aliphatic hydroxyl groups is 1. The number of benzene rings is 2. The number of para-hydroxylation sites is 1. The largest absolute Gasteiger partial charge is 0.507 e. The summed E-state index contributed by atoms with van der Waals surface area (Å²) >= 11 is 0. The summed E-state index contributed by atoms with van der Waals surface area (Å²) in [5.41, 5.74) is 2.69. The Labute approximate surface area is 174 Å². The zero-order valence-electron chi connectivity index (χ0n) is 16.6. The van der Waals surface area contributed by atoms with E-state index >= 15 is 0 Å². The van der Waals surface area contributed by atoms with Crippen LogP contribution in [0.1, 0.15) is 36.6 Å². The van der Waals surface area contributed by atoms with Crippen molar-refractivity contribution in [3.63, 3.8) is 0 Å². The van der Waals surface area contributed by atoms with E-state index in [1.165, 1.54) is 12.1 Å². The number of rotatable bonds is 1. The second kappa shape index (κ2) is 6.58. The SMILES string of the molecule is C[C@]12Cc3cnn(-c4ccc(F)cc4)c3C=C1CC[C@@]2(O)C#Cc1ccccc1O. The molecule has 2 aliphatic carbocycles. The summed E-state index contributed by atoms with van der Waals surface area (Å²) < 4.78 is 15.1. The van der Waals surface area contributed by atoms with Gasteiger partial charge in [-0.05, 0) is 67.3 Å². The van der Waals surface area contributed by atoms with Crippen LogP contribution in [0.4, 0.5) is 4.39 Å². The van der Waals surface area contributed by atoms with Gasteiger partial charge < -0.3 is 10.2 Å². The fourth-order valence-electron chi connectivity index (χ4n) is 4.59. The molecule has 2 aromatic carbocycles. The fraction of sp³-hybridized carbons (Fsp3) is 0.240. The van der Waals surface area contributed by atoms with Crippen molar-refractivity contribution in [3.05, 3.63) is 82.9 Å². The second-order valence-corrected chi connectivity index (χ2v) is 8.25. The summed E-state index contributed by atoms with van der Waals surface area (Å²) in [6, 6.07) is 13.1. The molecule has 30 heavy (non-hydrogen) atoms. The van der Waals surface area contributed by atoms with Crippen LogP contribution in [0.15, 0.2) is 60.3 Å². The fourth-order valence-corrected chi connectivity index (χ4v) is 4.59. The van der Waals surface area contributed by atoms with Gasteiger partial charge >= 0.3 is 0 Å². The Morgan fingerprint density at radius 3 is 2.67 bits per heavy atom. The smallest absolute Gasteiger partial charge is 0.135 e. The molecule has 0 spiro atoms. The van der Waals surface area contributed by atoms with Gasteiger partial charge in [0.1, 0.15) is 17.2 Å². The predicted molar refractivity (Wildman–Crippen MR) is 112 cm³/mol. The lowest BCUT2D eigenvalue weighted by atomic mass is 9.67. The molecule has 0 unspecified atom stereocenters. The number of phenolic OH excluding ortho intramolecular Hbond substituents is 1. The maximum absolute atomic E-state index is 13.3. The van der Waals surface area contributed by atoms with Gasteiger partial charge in [-0.1, -0.05) is 36.5 Å². The molecule has 0 amide bonds. The van der Waals surface area contributed by atoms with E-state index in [9.17, 15) is 14.6 Å².